The highest BCUT2D eigenvalue weighted by Gasteiger charge is 2.29. The molecule has 0 unspecified atom stereocenters. The fraction of sp³-hybridized carbons (Fsp3) is 0.286. The maximum absolute atomic E-state index is 12.3. The Bertz CT molecular complexity index is 883. The van der Waals surface area contributed by atoms with Gasteiger partial charge >= 0.3 is 0 Å². The highest BCUT2D eigenvalue weighted by Crippen LogP contribution is 2.30. The Morgan fingerprint density at radius 1 is 1.21 bits per heavy atom. The standard InChI is InChI=1S/C21H22ClN3O2S/c1-2-3-6-15-9-11-16(12-10-15)24-19(26)14-28-21-23-13-20(27)25(21)18-8-5-4-7-17(18)22/h4-5,7-12H,2-3,6,13-14H2,1H3,(H,24,26). The number of para-hydroxylation sites is 1. The van der Waals surface area contributed by atoms with E-state index in [2.05, 4.69) is 17.2 Å². The average Bonchev–Trinajstić information content (AvgIpc) is 3.06. The number of amidine groups is 1. The number of unbranched alkanes of at least 4 members (excludes halogenated alkanes) is 1. The quantitative estimate of drug-likeness (QED) is 0.709. The first-order chi connectivity index (χ1) is 13.6. The van der Waals surface area contributed by atoms with Gasteiger partial charge in [-0.05, 0) is 42.7 Å². The van der Waals surface area contributed by atoms with Crippen molar-refractivity contribution < 1.29 is 9.59 Å². The minimum Gasteiger partial charge on any atom is -0.325 e. The number of aryl methyl sites for hydroxylation is 1. The van der Waals surface area contributed by atoms with Crippen molar-refractivity contribution in [1.29, 1.82) is 0 Å². The number of halogens is 1. The van der Waals surface area contributed by atoms with E-state index in [0.29, 0.717) is 15.9 Å². The molecule has 3 rings (SSSR count). The van der Waals surface area contributed by atoms with Gasteiger partial charge in [0.2, 0.25) is 5.91 Å². The number of nitrogens with one attached hydrogen (secondary N) is 1. The average molecular weight is 416 g/mol. The van der Waals surface area contributed by atoms with Crippen molar-refractivity contribution in [1.82, 2.24) is 0 Å². The summed E-state index contributed by atoms with van der Waals surface area (Å²) in [5, 5.41) is 3.84. The third-order valence-electron chi connectivity index (χ3n) is 4.27. The Kier molecular flexibility index (Phi) is 7.12. The van der Waals surface area contributed by atoms with Crippen molar-refractivity contribution >= 4 is 51.7 Å². The number of anilines is 2. The minimum atomic E-state index is -0.154. The lowest BCUT2D eigenvalue weighted by Gasteiger charge is -2.19. The zero-order valence-corrected chi connectivity index (χ0v) is 17.2. The van der Waals surface area contributed by atoms with Gasteiger partial charge in [-0.1, -0.05) is 61.0 Å². The summed E-state index contributed by atoms with van der Waals surface area (Å²) in [7, 11) is 0. The number of thioether (sulfide) groups is 1. The first-order valence-electron chi connectivity index (χ1n) is 9.22. The number of carbonyl (C=O) groups excluding carboxylic acids is 2. The van der Waals surface area contributed by atoms with E-state index in [-0.39, 0.29) is 24.1 Å². The maximum Gasteiger partial charge on any atom is 0.254 e. The zero-order chi connectivity index (χ0) is 19.9. The number of hydrogen-bond acceptors (Lipinski definition) is 4. The molecule has 0 aromatic heterocycles. The molecule has 0 spiro atoms. The summed E-state index contributed by atoms with van der Waals surface area (Å²) in [4.78, 5) is 30.2. The van der Waals surface area contributed by atoms with Gasteiger partial charge in [0.15, 0.2) is 5.17 Å². The van der Waals surface area contributed by atoms with Crippen molar-refractivity contribution in [2.45, 2.75) is 26.2 Å². The topological polar surface area (TPSA) is 61.8 Å². The highest BCUT2D eigenvalue weighted by atomic mass is 35.5. The van der Waals surface area contributed by atoms with E-state index in [1.54, 1.807) is 18.2 Å². The van der Waals surface area contributed by atoms with Gasteiger partial charge in [-0.25, -0.2) is 0 Å². The molecular weight excluding hydrogens is 394 g/mol. The lowest BCUT2D eigenvalue weighted by atomic mass is 10.1. The van der Waals surface area contributed by atoms with Crippen LogP contribution in [0, 0.1) is 0 Å². The predicted molar refractivity (Wildman–Crippen MR) is 117 cm³/mol. The number of benzene rings is 2. The Morgan fingerprint density at radius 2 is 1.96 bits per heavy atom. The number of carbonyl (C=O) groups is 2. The predicted octanol–water partition coefficient (Wildman–Crippen LogP) is 4.76. The molecule has 1 heterocycles. The van der Waals surface area contributed by atoms with Crippen molar-refractivity contribution in [3.05, 3.63) is 59.1 Å². The van der Waals surface area contributed by atoms with Gasteiger partial charge in [-0.3, -0.25) is 19.5 Å². The number of aliphatic imine (C=N–C) groups is 1. The molecule has 2 aromatic carbocycles. The molecule has 0 radical (unpaired) electrons. The zero-order valence-electron chi connectivity index (χ0n) is 15.7. The Hall–Kier alpha value is -2.31. The fourth-order valence-electron chi connectivity index (χ4n) is 2.83. The van der Waals surface area contributed by atoms with Crippen LogP contribution in [-0.4, -0.2) is 29.3 Å². The summed E-state index contributed by atoms with van der Waals surface area (Å²) in [5.41, 5.74) is 2.61. The lowest BCUT2D eigenvalue weighted by Crippen LogP contribution is -2.31. The van der Waals surface area contributed by atoms with Crippen molar-refractivity contribution in [2.75, 3.05) is 22.5 Å². The van der Waals surface area contributed by atoms with Gasteiger partial charge in [0.1, 0.15) is 6.54 Å². The van der Waals surface area contributed by atoms with Crippen molar-refractivity contribution in [3.8, 4) is 0 Å². The summed E-state index contributed by atoms with van der Waals surface area (Å²) in [6, 6.07) is 15.0. The van der Waals surface area contributed by atoms with Crippen LogP contribution in [0.15, 0.2) is 53.5 Å². The molecule has 2 aromatic rings. The van der Waals surface area contributed by atoms with Crippen LogP contribution in [-0.2, 0) is 16.0 Å². The van der Waals surface area contributed by atoms with Gasteiger partial charge in [0.05, 0.1) is 16.5 Å². The van der Waals surface area contributed by atoms with Gasteiger partial charge in [-0.15, -0.1) is 0 Å². The molecule has 0 atom stereocenters. The maximum atomic E-state index is 12.3. The monoisotopic (exact) mass is 415 g/mol. The molecule has 2 amide bonds. The molecule has 7 heteroatoms. The molecule has 0 saturated carbocycles. The number of rotatable bonds is 7. The molecule has 5 nitrogen and oxygen atoms in total. The lowest BCUT2D eigenvalue weighted by molar-refractivity contribution is -0.116. The molecular formula is C21H22ClN3O2S. The summed E-state index contributed by atoms with van der Waals surface area (Å²) < 4.78 is 0. The van der Waals surface area contributed by atoms with Gasteiger partial charge in [-0.2, -0.15) is 0 Å². The molecule has 0 aliphatic carbocycles. The molecule has 0 saturated heterocycles. The fourth-order valence-corrected chi connectivity index (χ4v) is 3.86. The number of hydrogen-bond donors (Lipinski definition) is 1. The van der Waals surface area contributed by atoms with E-state index in [4.69, 9.17) is 11.6 Å². The highest BCUT2D eigenvalue weighted by molar-refractivity contribution is 8.14. The van der Waals surface area contributed by atoms with Gasteiger partial charge in [0.25, 0.3) is 5.91 Å². The van der Waals surface area contributed by atoms with E-state index in [1.807, 2.05) is 30.3 Å². The molecule has 0 bridgehead atoms. The van der Waals surface area contributed by atoms with Gasteiger partial charge < -0.3 is 5.32 Å². The van der Waals surface area contributed by atoms with Crippen LogP contribution in [0.4, 0.5) is 11.4 Å². The van der Waals surface area contributed by atoms with Crippen molar-refractivity contribution in [2.24, 2.45) is 4.99 Å². The van der Waals surface area contributed by atoms with Crippen LogP contribution in [0.5, 0.6) is 0 Å². The van der Waals surface area contributed by atoms with Crippen LogP contribution in [0.3, 0.4) is 0 Å². The van der Waals surface area contributed by atoms with E-state index < -0.39 is 0 Å². The number of amides is 2. The van der Waals surface area contributed by atoms with Crippen LogP contribution in [0.2, 0.25) is 5.02 Å². The third-order valence-corrected chi connectivity index (χ3v) is 5.57. The molecule has 146 valence electrons. The Labute approximate surface area is 174 Å². The Balaban J connectivity index is 1.56. The largest absolute Gasteiger partial charge is 0.325 e. The van der Waals surface area contributed by atoms with Crippen molar-refractivity contribution in [3.63, 3.8) is 0 Å². The second-order valence-electron chi connectivity index (χ2n) is 6.42. The second-order valence-corrected chi connectivity index (χ2v) is 7.77. The smallest absolute Gasteiger partial charge is 0.254 e. The van der Waals surface area contributed by atoms with E-state index >= 15 is 0 Å². The molecule has 1 N–H and O–H groups in total. The summed E-state index contributed by atoms with van der Waals surface area (Å²) in [5.74, 6) is -0.142. The van der Waals surface area contributed by atoms with E-state index in [9.17, 15) is 9.59 Å². The summed E-state index contributed by atoms with van der Waals surface area (Å²) in [6.07, 6.45) is 3.37. The van der Waals surface area contributed by atoms with Crippen LogP contribution < -0.4 is 10.2 Å². The van der Waals surface area contributed by atoms with E-state index in [1.165, 1.54) is 22.2 Å². The van der Waals surface area contributed by atoms with Crippen LogP contribution in [0.25, 0.3) is 0 Å². The first kappa shape index (κ1) is 20.4. The summed E-state index contributed by atoms with van der Waals surface area (Å²) in [6.45, 7) is 2.23. The SMILES string of the molecule is CCCCc1ccc(NC(=O)CSC2=NCC(=O)N2c2ccccc2Cl)cc1. The molecule has 0 fully saturated rings. The van der Waals surface area contributed by atoms with Crippen LogP contribution >= 0.6 is 23.4 Å². The third kappa shape index (κ3) is 5.14. The summed E-state index contributed by atoms with van der Waals surface area (Å²) >= 11 is 7.44. The Morgan fingerprint density at radius 3 is 2.68 bits per heavy atom. The molecule has 28 heavy (non-hydrogen) atoms. The molecule has 1 aliphatic rings. The minimum absolute atomic E-state index is 0.0639. The first-order valence-corrected chi connectivity index (χ1v) is 10.6. The number of nitrogens with zero attached hydrogens (tertiary/aromatic N) is 2. The van der Waals surface area contributed by atoms with Gasteiger partial charge in [0, 0.05) is 5.69 Å². The second kappa shape index (κ2) is 9.75. The normalized spacial score (nSPS) is 13.6. The van der Waals surface area contributed by atoms with Crippen LogP contribution in [0.1, 0.15) is 25.3 Å². The molecule has 1 aliphatic heterocycles. The van der Waals surface area contributed by atoms with E-state index in [0.717, 1.165) is 24.9 Å².